The van der Waals surface area contributed by atoms with Crippen LogP contribution in [0.4, 0.5) is 4.39 Å². The van der Waals surface area contributed by atoms with Gasteiger partial charge in [-0.2, -0.15) is 0 Å². The molecule has 0 unspecified atom stereocenters. The highest BCUT2D eigenvalue weighted by molar-refractivity contribution is 7.89. The van der Waals surface area contributed by atoms with Crippen LogP contribution in [-0.4, -0.2) is 32.3 Å². The second-order valence-electron chi connectivity index (χ2n) is 4.12. The molecule has 2 N–H and O–H groups in total. The normalized spacial score (nSPS) is 10.9. The van der Waals surface area contributed by atoms with Gasteiger partial charge in [0.1, 0.15) is 5.82 Å². The minimum absolute atomic E-state index is 0.0586. The van der Waals surface area contributed by atoms with Crippen molar-refractivity contribution >= 4 is 15.9 Å². The van der Waals surface area contributed by atoms with Crippen LogP contribution < -0.4 is 5.14 Å². The van der Waals surface area contributed by atoms with Crippen molar-refractivity contribution in [3.05, 3.63) is 29.6 Å². The SMILES string of the molecule is C#CCN(CCC)C(=O)c1ccc(S(N)(=O)=O)cc1F. The number of amides is 1. The molecule has 0 spiro atoms. The summed E-state index contributed by atoms with van der Waals surface area (Å²) in [5.74, 6) is 0.800. The van der Waals surface area contributed by atoms with E-state index in [1.165, 1.54) is 4.90 Å². The minimum atomic E-state index is -4.01. The average molecular weight is 298 g/mol. The van der Waals surface area contributed by atoms with Crippen LogP contribution in [0.1, 0.15) is 23.7 Å². The maximum absolute atomic E-state index is 13.9. The van der Waals surface area contributed by atoms with Crippen LogP contribution in [0, 0.1) is 18.2 Å². The number of carbonyl (C=O) groups is 1. The van der Waals surface area contributed by atoms with Gasteiger partial charge in [0.05, 0.1) is 17.0 Å². The van der Waals surface area contributed by atoms with E-state index in [0.29, 0.717) is 13.0 Å². The Hall–Kier alpha value is -1.91. The number of carbonyl (C=O) groups excluding carboxylic acids is 1. The quantitative estimate of drug-likeness (QED) is 0.822. The fourth-order valence-corrected chi connectivity index (χ4v) is 2.17. The van der Waals surface area contributed by atoms with Crippen molar-refractivity contribution in [3.8, 4) is 12.3 Å². The Morgan fingerprint density at radius 3 is 2.60 bits per heavy atom. The highest BCUT2D eigenvalue weighted by atomic mass is 32.2. The van der Waals surface area contributed by atoms with E-state index in [2.05, 4.69) is 5.92 Å². The maximum Gasteiger partial charge on any atom is 0.257 e. The fourth-order valence-electron chi connectivity index (χ4n) is 1.65. The average Bonchev–Trinajstić information content (AvgIpc) is 2.36. The highest BCUT2D eigenvalue weighted by Gasteiger charge is 2.20. The van der Waals surface area contributed by atoms with Gasteiger partial charge in [-0.1, -0.05) is 12.8 Å². The van der Waals surface area contributed by atoms with Crippen LogP contribution in [0.15, 0.2) is 23.1 Å². The zero-order valence-electron chi connectivity index (χ0n) is 11.0. The first-order chi connectivity index (χ1) is 9.31. The van der Waals surface area contributed by atoms with Crippen molar-refractivity contribution in [2.75, 3.05) is 13.1 Å². The zero-order valence-corrected chi connectivity index (χ0v) is 11.8. The van der Waals surface area contributed by atoms with Gasteiger partial charge >= 0.3 is 0 Å². The first-order valence-corrected chi connectivity index (χ1v) is 7.41. The molecule has 0 heterocycles. The van der Waals surface area contributed by atoms with E-state index >= 15 is 0 Å². The molecule has 0 aromatic heterocycles. The van der Waals surface area contributed by atoms with E-state index < -0.39 is 21.7 Å². The number of rotatable bonds is 5. The lowest BCUT2D eigenvalue weighted by molar-refractivity contribution is 0.0772. The summed E-state index contributed by atoms with van der Waals surface area (Å²) < 4.78 is 36.0. The summed E-state index contributed by atoms with van der Waals surface area (Å²) >= 11 is 0. The molecule has 0 atom stereocenters. The van der Waals surface area contributed by atoms with Gasteiger partial charge in [-0.15, -0.1) is 6.42 Å². The largest absolute Gasteiger partial charge is 0.327 e. The number of terminal acetylenes is 1. The molecular weight excluding hydrogens is 283 g/mol. The molecule has 0 radical (unpaired) electrons. The van der Waals surface area contributed by atoms with Crippen molar-refractivity contribution in [1.29, 1.82) is 0 Å². The number of hydrogen-bond acceptors (Lipinski definition) is 3. The number of hydrogen-bond donors (Lipinski definition) is 1. The number of nitrogens with two attached hydrogens (primary N) is 1. The molecule has 0 aliphatic heterocycles. The van der Waals surface area contributed by atoms with Gasteiger partial charge in [0.2, 0.25) is 10.0 Å². The van der Waals surface area contributed by atoms with Crippen LogP contribution in [0.25, 0.3) is 0 Å². The van der Waals surface area contributed by atoms with E-state index in [4.69, 9.17) is 11.6 Å². The molecule has 0 bridgehead atoms. The lowest BCUT2D eigenvalue weighted by atomic mass is 10.2. The van der Waals surface area contributed by atoms with Gasteiger partial charge in [0, 0.05) is 6.54 Å². The number of halogens is 1. The van der Waals surface area contributed by atoms with E-state index in [-0.39, 0.29) is 17.0 Å². The molecule has 20 heavy (non-hydrogen) atoms. The van der Waals surface area contributed by atoms with Crippen molar-refractivity contribution in [1.82, 2.24) is 4.90 Å². The summed E-state index contributed by atoms with van der Waals surface area (Å²) in [6.45, 7) is 2.31. The number of primary sulfonamides is 1. The first-order valence-electron chi connectivity index (χ1n) is 5.86. The minimum Gasteiger partial charge on any atom is -0.327 e. The zero-order chi connectivity index (χ0) is 15.3. The van der Waals surface area contributed by atoms with Gasteiger partial charge in [-0.05, 0) is 24.6 Å². The number of nitrogens with zero attached hydrogens (tertiary/aromatic N) is 1. The summed E-state index contributed by atoms with van der Waals surface area (Å²) in [6.07, 6.45) is 5.83. The van der Waals surface area contributed by atoms with Gasteiger partial charge < -0.3 is 4.90 Å². The molecule has 0 fully saturated rings. The van der Waals surface area contributed by atoms with Crippen molar-refractivity contribution in [3.63, 3.8) is 0 Å². The van der Waals surface area contributed by atoms with Crippen LogP contribution in [0.2, 0.25) is 0 Å². The van der Waals surface area contributed by atoms with Crippen molar-refractivity contribution in [2.24, 2.45) is 5.14 Å². The molecule has 1 aromatic carbocycles. The second kappa shape index (κ2) is 6.50. The second-order valence-corrected chi connectivity index (χ2v) is 5.68. The molecule has 0 saturated carbocycles. The third kappa shape index (κ3) is 3.79. The Kier molecular flexibility index (Phi) is 5.25. The Labute approximate surface area is 117 Å². The summed E-state index contributed by atoms with van der Waals surface area (Å²) in [6, 6.07) is 2.91. The molecule has 1 aromatic rings. The summed E-state index contributed by atoms with van der Waals surface area (Å²) in [5, 5.41) is 4.89. The van der Waals surface area contributed by atoms with Crippen LogP contribution >= 0.6 is 0 Å². The standard InChI is InChI=1S/C13H15FN2O3S/c1-3-7-16(8-4-2)13(17)11-6-5-10(9-12(11)14)20(15,18)19/h1,5-6,9H,4,7-8H2,2H3,(H2,15,18,19). The number of benzene rings is 1. The van der Waals surface area contributed by atoms with E-state index in [0.717, 1.165) is 18.2 Å². The first kappa shape index (κ1) is 16.1. The molecule has 7 heteroatoms. The van der Waals surface area contributed by atoms with Crippen molar-refractivity contribution in [2.45, 2.75) is 18.2 Å². The number of sulfonamides is 1. The molecular formula is C13H15FN2O3S. The van der Waals surface area contributed by atoms with E-state index in [1.54, 1.807) is 0 Å². The third-order valence-corrected chi connectivity index (χ3v) is 3.47. The van der Waals surface area contributed by atoms with Gasteiger partial charge in [-0.25, -0.2) is 17.9 Å². The summed E-state index contributed by atoms with van der Waals surface area (Å²) in [7, 11) is -4.01. The molecule has 1 amide bonds. The molecule has 0 aliphatic carbocycles. The molecule has 108 valence electrons. The maximum atomic E-state index is 13.9. The predicted octanol–water partition coefficient (Wildman–Crippen LogP) is 0.959. The monoisotopic (exact) mass is 298 g/mol. The summed E-state index contributed by atoms with van der Waals surface area (Å²) in [4.78, 5) is 13.0. The smallest absolute Gasteiger partial charge is 0.257 e. The van der Waals surface area contributed by atoms with E-state index in [9.17, 15) is 17.6 Å². The molecule has 5 nitrogen and oxygen atoms in total. The van der Waals surface area contributed by atoms with Gasteiger partial charge in [0.15, 0.2) is 0 Å². The predicted molar refractivity (Wildman–Crippen MR) is 72.8 cm³/mol. The van der Waals surface area contributed by atoms with E-state index in [1.807, 2.05) is 6.92 Å². The Balaban J connectivity index is 3.14. The van der Waals surface area contributed by atoms with Crippen LogP contribution in [0.5, 0.6) is 0 Å². The fraction of sp³-hybridized carbons (Fsp3) is 0.308. The Morgan fingerprint density at radius 1 is 1.50 bits per heavy atom. The Bertz CT molecular complexity index is 650. The molecule has 1 rings (SSSR count). The molecule has 0 saturated heterocycles. The Morgan fingerprint density at radius 2 is 2.15 bits per heavy atom. The van der Waals surface area contributed by atoms with Gasteiger partial charge in [0.25, 0.3) is 5.91 Å². The van der Waals surface area contributed by atoms with Crippen LogP contribution in [0.3, 0.4) is 0 Å². The van der Waals surface area contributed by atoms with Crippen molar-refractivity contribution < 1.29 is 17.6 Å². The highest BCUT2D eigenvalue weighted by Crippen LogP contribution is 2.16. The van der Waals surface area contributed by atoms with Gasteiger partial charge in [-0.3, -0.25) is 4.79 Å². The van der Waals surface area contributed by atoms with Crippen LogP contribution in [-0.2, 0) is 10.0 Å². The third-order valence-electron chi connectivity index (χ3n) is 2.56. The lowest BCUT2D eigenvalue weighted by Crippen LogP contribution is -2.32. The topological polar surface area (TPSA) is 80.5 Å². The summed E-state index contributed by atoms with van der Waals surface area (Å²) in [5.41, 5.74) is -0.235. The lowest BCUT2D eigenvalue weighted by Gasteiger charge is -2.19. The molecule has 0 aliphatic rings.